The van der Waals surface area contributed by atoms with Gasteiger partial charge in [0.15, 0.2) is 11.0 Å². The Hall–Kier alpha value is -0.830. The highest BCUT2D eigenvalue weighted by Crippen LogP contribution is 2.58. The fourth-order valence-electron chi connectivity index (χ4n) is 4.33. The van der Waals surface area contributed by atoms with Crippen LogP contribution in [0.2, 0.25) is 5.15 Å². The lowest BCUT2D eigenvalue weighted by molar-refractivity contribution is 0.148. The molecule has 0 saturated heterocycles. The monoisotopic (exact) mass is 279 g/mol. The van der Waals surface area contributed by atoms with Crippen LogP contribution in [0.25, 0.3) is 0 Å². The lowest BCUT2D eigenvalue weighted by Gasteiger charge is -2.44. The lowest BCUT2D eigenvalue weighted by atomic mass is 9.68. The molecule has 1 aromatic heterocycles. The summed E-state index contributed by atoms with van der Waals surface area (Å²) >= 11 is 5.81. The quantitative estimate of drug-likeness (QED) is 0.821. The molecule has 0 aliphatic heterocycles. The van der Waals surface area contributed by atoms with Crippen LogP contribution in [0.1, 0.15) is 46.0 Å². The van der Waals surface area contributed by atoms with Crippen molar-refractivity contribution in [3.05, 3.63) is 17.3 Å². The van der Waals surface area contributed by atoms with E-state index in [1.165, 1.54) is 32.1 Å². The highest BCUT2D eigenvalue weighted by molar-refractivity contribution is 6.29. The fraction of sp³-hybridized carbons (Fsp3) is 0.733. The molecule has 19 heavy (non-hydrogen) atoms. The van der Waals surface area contributed by atoms with E-state index >= 15 is 0 Å². The predicted molar refractivity (Wildman–Crippen MR) is 78.5 cm³/mol. The summed E-state index contributed by atoms with van der Waals surface area (Å²) < 4.78 is 0. The van der Waals surface area contributed by atoms with Gasteiger partial charge in [-0.2, -0.15) is 0 Å². The van der Waals surface area contributed by atoms with Crippen molar-refractivity contribution < 1.29 is 0 Å². The van der Waals surface area contributed by atoms with Crippen molar-refractivity contribution in [1.29, 1.82) is 0 Å². The summed E-state index contributed by atoms with van der Waals surface area (Å²) in [6, 6.07) is 4.36. The van der Waals surface area contributed by atoms with E-state index in [1.54, 1.807) is 0 Å². The standard InChI is InChI=1S/C15H22ClN3/c1-14-6-7-15(2,10-14)9-11(8-14)19(3)13-5-4-12(16)17-18-13/h4-5,11H,6-10H2,1-3H3/t11?,14-,15+. The number of hydrogen-bond acceptors (Lipinski definition) is 3. The zero-order chi connectivity index (χ0) is 13.7. The fourth-order valence-corrected chi connectivity index (χ4v) is 4.43. The molecule has 2 saturated carbocycles. The largest absolute Gasteiger partial charge is 0.355 e. The van der Waals surface area contributed by atoms with Gasteiger partial charge < -0.3 is 4.90 Å². The minimum Gasteiger partial charge on any atom is -0.355 e. The van der Waals surface area contributed by atoms with Gasteiger partial charge in [-0.3, -0.25) is 0 Å². The zero-order valence-corrected chi connectivity index (χ0v) is 12.7. The number of anilines is 1. The first kappa shape index (κ1) is 13.2. The minimum absolute atomic E-state index is 0.458. The van der Waals surface area contributed by atoms with Crippen LogP contribution < -0.4 is 4.90 Å². The van der Waals surface area contributed by atoms with Crippen molar-refractivity contribution in [2.24, 2.45) is 10.8 Å². The van der Waals surface area contributed by atoms with E-state index in [0.717, 1.165) is 5.82 Å². The Bertz CT molecular complexity index is 457. The molecule has 2 bridgehead atoms. The Balaban J connectivity index is 1.81. The van der Waals surface area contributed by atoms with Crippen LogP contribution in [0.15, 0.2) is 12.1 Å². The van der Waals surface area contributed by atoms with Crippen LogP contribution in [0.5, 0.6) is 0 Å². The number of halogens is 1. The second-order valence-electron chi connectivity index (χ2n) is 7.19. The Labute approximate surface area is 120 Å². The Kier molecular flexibility index (Phi) is 3.01. The van der Waals surface area contributed by atoms with Crippen LogP contribution in [-0.4, -0.2) is 23.3 Å². The zero-order valence-electron chi connectivity index (χ0n) is 12.0. The number of hydrogen-bond donors (Lipinski definition) is 0. The van der Waals surface area contributed by atoms with Crippen molar-refractivity contribution in [3.8, 4) is 0 Å². The van der Waals surface area contributed by atoms with E-state index < -0.39 is 0 Å². The van der Waals surface area contributed by atoms with Crippen LogP contribution in [0.3, 0.4) is 0 Å². The molecule has 0 amide bonds. The number of rotatable bonds is 2. The average molecular weight is 280 g/mol. The van der Waals surface area contributed by atoms with Gasteiger partial charge in [0, 0.05) is 13.1 Å². The van der Waals surface area contributed by atoms with E-state index in [9.17, 15) is 0 Å². The maximum Gasteiger partial charge on any atom is 0.151 e. The molecule has 0 N–H and O–H groups in total. The smallest absolute Gasteiger partial charge is 0.151 e. The van der Waals surface area contributed by atoms with E-state index in [0.29, 0.717) is 22.0 Å². The van der Waals surface area contributed by atoms with E-state index in [1.807, 2.05) is 12.1 Å². The molecule has 4 heteroatoms. The predicted octanol–water partition coefficient (Wildman–Crippen LogP) is 3.93. The van der Waals surface area contributed by atoms with Crippen molar-refractivity contribution in [2.75, 3.05) is 11.9 Å². The normalized spacial score (nSPS) is 37.4. The Morgan fingerprint density at radius 2 is 1.79 bits per heavy atom. The minimum atomic E-state index is 0.458. The van der Waals surface area contributed by atoms with Gasteiger partial charge in [0.05, 0.1) is 0 Å². The topological polar surface area (TPSA) is 29.0 Å². The van der Waals surface area contributed by atoms with Gasteiger partial charge in [0.25, 0.3) is 0 Å². The molecule has 2 aliphatic carbocycles. The van der Waals surface area contributed by atoms with Gasteiger partial charge in [-0.25, -0.2) is 0 Å². The second-order valence-corrected chi connectivity index (χ2v) is 7.57. The Morgan fingerprint density at radius 3 is 2.32 bits per heavy atom. The first-order valence-electron chi connectivity index (χ1n) is 7.11. The third-order valence-corrected chi connectivity index (χ3v) is 5.37. The van der Waals surface area contributed by atoms with Crippen molar-refractivity contribution in [2.45, 2.75) is 52.0 Å². The highest BCUT2D eigenvalue weighted by atomic mass is 35.5. The number of fused-ring (bicyclic) bond motifs is 2. The molecule has 1 unspecified atom stereocenters. The number of nitrogens with zero attached hydrogens (tertiary/aromatic N) is 3. The summed E-state index contributed by atoms with van der Waals surface area (Å²) in [7, 11) is 2.14. The molecule has 3 rings (SSSR count). The van der Waals surface area contributed by atoms with E-state index in [-0.39, 0.29) is 0 Å². The summed E-state index contributed by atoms with van der Waals surface area (Å²) in [5.41, 5.74) is 1.04. The maximum atomic E-state index is 5.81. The van der Waals surface area contributed by atoms with Crippen molar-refractivity contribution in [3.63, 3.8) is 0 Å². The Morgan fingerprint density at radius 1 is 1.16 bits per heavy atom. The molecule has 0 radical (unpaired) electrons. The summed E-state index contributed by atoms with van der Waals surface area (Å²) in [6.45, 7) is 4.90. The van der Waals surface area contributed by atoms with Crippen molar-refractivity contribution >= 4 is 17.4 Å². The average Bonchev–Trinajstić information content (AvgIpc) is 2.58. The molecule has 1 aromatic rings. The van der Waals surface area contributed by atoms with Crippen LogP contribution in [-0.2, 0) is 0 Å². The third kappa shape index (κ3) is 2.45. The summed E-state index contributed by atoms with van der Waals surface area (Å²) in [6.07, 6.45) is 6.67. The van der Waals surface area contributed by atoms with Crippen molar-refractivity contribution in [1.82, 2.24) is 10.2 Å². The first-order valence-corrected chi connectivity index (χ1v) is 7.49. The molecule has 1 heterocycles. The highest BCUT2D eigenvalue weighted by Gasteiger charge is 2.49. The second kappa shape index (κ2) is 4.34. The molecule has 0 spiro atoms. The van der Waals surface area contributed by atoms with Gasteiger partial charge in [0.1, 0.15) is 0 Å². The molecule has 104 valence electrons. The first-order chi connectivity index (χ1) is 8.89. The third-order valence-electron chi connectivity index (χ3n) is 5.17. The van der Waals surface area contributed by atoms with Crippen LogP contribution in [0, 0.1) is 10.8 Å². The SMILES string of the molecule is CN(c1ccc(Cl)nn1)C1C[C@]2(C)CC[C@](C)(C1)C2. The summed E-state index contributed by atoms with van der Waals surface area (Å²) in [5, 5.41) is 8.63. The number of aromatic nitrogens is 2. The van der Waals surface area contributed by atoms with E-state index in [4.69, 9.17) is 11.6 Å². The van der Waals surface area contributed by atoms with Gasteiger partial charge in [-0.1, -0.05) is 25.4 Å². The van der Waals surface area contributed by atoms with Crippen LogP contribution >= 0.6 is 11.6 Å². The van der Waals surface area contributed by atoms with Gasteiger partial charge in [-0.05, 0) is 55.1 Å². The van der Waals surface area contributed by atoms with Gasteiger partial charge >= 0.3 is 0 Å². The van der Waals surface area contributed by atoms with Gasteiger partial charge in [0.2, 0.25) is 0 Å². The van der Waals surface area contributed by atoms with Crippen LogP contribution in [0.4, 0.5) is 5.82 Å². The summed E-state index contributed by atoms with van der Waals surface area (Å²) in [4.78, 5) is 2.30. The van der Waals surface area contributed by atoms with Gasteiger partial charge in [-0.15, -0.1) is 10.2 Å². The molecule has 0 aromatic carbocycles. The lowest BCUT2D eigenvalue weighted by Crippen LogP contribution is -2.42. The molecule has 3 nitrogen and oxygen atoms in total. The molecule has 2 fully saturated rings. The summed E-state index contributed by atoms with van der Waals surface area (Å²) in [5.74, 6) is 0.933. The molecular formula is C15H22ClN3. The molecule has 3 atom stereocenters. The van der Waals surface area contributed by atoms with E-state index in [2.05, 4.69) is 36.0 Å². The maximum absolute atomic E-state index is 5.81. The molecule has 2 aliphatic rings. The molecular weight excluding hydrogens is 258 g/mol.